The number of hydrogen-bond donors (Lipinski definition) is 1. The van der Waals surface area contributed by atoms with Gasteiger partial charge in [-0.2, -0.15) is 13.2 Å². The molecular formula is C14H19BrF3N. The van der Waals surface area contributed by atoms with Crippen LogP contribution < -0.4 is 5.32 Å². The van der Waals surface area contributed by atoms with Gasteiger partial charge in [0.05, 0.1) is 5.56 Å². The van der Waals surface area contributed by atoms with Crippen LogP contribution in [0.2, 0.25) is 0 Å². The Balaban J connectivity index is 2.54. The van der Waals surface area contributed by atoms with Gasteiger partial charge in [-0.15, -0.1) is 0 Å². The Morgan fingerprint density at radius 3 is 2.42 bits per heavy atom. The van der Waals surface area contributed by atoms with E-state index in [1.54, 1.807) is 6.07 Å². The molecule has 0 bridgehead atoms. The van der Waals surface area contributed by atoms with Crippen molar-refractivity contribution in [2.45, 2.75) is 45.2 Å². The van der Waals surface area contributed by atoms with Gasteiger partial charge in [0.1, 0.15) is 0 Å². The van der Waals surface area contributed by atoms with E-state index in [2.05, 4.69) is 28.2 Å². The second-order valence-corrected chi connectivity index (χ2v) is 5.44. The highest BCUT2D eigenvalue weighted by Crippen LogP contribution is 2.36. The maximum absolute atomic E-state index is 12.8. The van der Waals surface area contributed by atoms with E-state index in [-0.39, 0.29) is 5.69 Å². The summed E-state index contributed by atoms with van der Waals surface area (Å²) in [6.45, 7) is 2.71. The van der Waals surface area contributed by atoms with Crippen molar-refractivity contribution in [3.63, 3.8) is 0 Å². The van der Waals surface area contributed by atoms with Crippen molar-refractivity contribution in [3.8, 4) is 0 Å². The number of rotatable bonds is 7. The minimum atomic E-state index is -4.33. The third-order valence-corrected chi connectivity index (χ3v) is 3.38. The van der Waals surface area contributed by atoms with Crippen molar-refractivity contribution in [1.82, 2.24) is 0 Å². The Labute approximate surface area is 120 Å². The fourth-order valence-corrected chi connectivity index (χ4v) is 2.22. The average molecular weight is 338 g/mol. The standard InChI is InChI=1S/C14H19BrF3N/c1-2-3-4-5-6-9-19-13-8-7-11(15)10-12(13)14(16,17)18/h7-8,10,19H,2-6,9H2,1H3. The van der Waals surface area contributed by atoms with Gasteiger partial charge in [-0.25, -0.2) is 0 Å². The summed E-state index contributed by atoms with van der Waals surface area (Å²) < 4.78 is 39.0. The Morgan fingerprint density at radius 1 is 1.11 bits per heavy atom. The van der Waals surface area contributed by atoms with Gasteiger partial charge in [0.25, 0.3) is 0 Å². The van der Waals surface area contributed by atoms with Crippen molar-refractivity contribution < 1.29 is 13.2 Å². The molecule has 0 atom stereocenters. The first-order valence-electron chi connectivity index (χ1n) is 6.55. The van der Waals surface area contributed by atoms with Gasteiger partial charge in [0.15, 0.2) is 0 Å². The van der Waals surface area contributed by atoms with E-state index in [1.807, 2.05) is 0 Å². The molecule has 0 spiro atoms. The molecular weight excluding hydrogens is 319 g/mol. The van der Waals surface area contributed by atoms with E-state index >= 15 is 0 Å². The molecule has 0 unspecified atom stereocenters. The van der Waals surface area contributed by atoms with Crippen molar-refractivity contribution >= 4 is 21.6 Å². The lowest BCUT2D eigenvalue weighted by Gasteiger charge is -2.15. The maximum atomic E-state index is 12.8. The number of halogens is 4. The number of nitrogens with one attached hydrogen (secondary N) is 1. The molecule has 0 aliphatic rings. The van der Waals surface area contributed by atoms with Crippen molar-refractivity contribution in [2.24, 2.45) is 0 Å². The Hall–Kier alpha value is -0.710. The fraction of sp³-hybridized carbons (Fsp3) is 0.571. The molecule has 0 aliphatic carbocycles. The molecule has 1 N–H and O–H groups in total. The summed E-state index contributed by atoms with van der Waals surface area (Å²) in [6, 6.07) is 4.20. The molecule has 0 saturated carbocycles. The van der Waals surface area contributed by atoms with Crippen LogP contribution in [0.15, 0.2) is 22.7 Å². The molecule has 19 heavy (non-hydrogen) atoms. The zero-order valence-corrected chi connectivity index (χ0v) is 12.6. The van der Waals surface area contributed by atoms with E-state index in [4.69, 9.17) is 0 Å². The number of alkyl halides is 3. The van der Waals surface area contributed by atoms with Crippen LogP contribution in [-0.2, 0) is 6.18 Å². The minimum absolute atomic E-state index is 0.159. The van der Waals surface area contributed by atoms with Crippen molar-refractivity contribution in [1.29, 1.82) is 0 Å². The van der Waals surface area contributed by atoms with E-state index in [1.165, 1.54) is 18.9 Å². The molecule has 0 aliphatic heterocycles. The van der Waals surface area contributed by atoms with Crippen LogP contribution in [0.4, 0.5) is 18.9 Å². The molecule has 0 saturated heterocycles. The molecule has 0 heterocycles. The fourth-order valence-electron chi connectivity index (χ4n) is 1.86. The van der Waals surface area contributed by atoms with E-state index in [0.717, 1.165) is 25.3 Å². The summed E-state index contributed by atoms with van der Waals surface area (Å²) in [7, 11) is 0. The zero-order valence-electron chi connectivity index (χ0n) is 11.0. The predicted molar refractivity (Wildman–Crippen MR) is 76.4 cm³/mol. The van der Waals surface area contributed by atoms with Crippen molar-refractivity contribution in [3.05, 3.63) is 28.2 Å². The number of anilines is 1. The Morgan fingerprint density at radius 2 is 1.79 bits per heavy atom. The molecule has 0 amide bonds. The SMILES string of the molecule is CCCCCCCNc1ccc(Br)cc1C(F)(F)F. The summed E-state index contributed by atoms with van der Waals surface area (Å²) >= 11 is 3.07. The molecule has 0 aromatic heterocycles. The quantitative estimate of drug-likeness (QED) is 0.615. The first kappa shape index (κ1) is 16.3. The van der Waals surface area contributed by atoms with Crippen LogP contribution in [-0.4, -0.2) is 6.54 Å². The van der Waals surface area contributed by atoms with E-state index < -0.39 is 11.7 Å². The third kappa shape index (κ3) is 5.85. The summed E-state index contributed by atoms with van der Waals surface area (Å²) in [5.74, 6) is 0. The molecule has 1 rings (SSSR count). The average Bonchev–Trinajstić information content (AvgIpc) is 2.34. The monoisotopic (exact) mass is 337 g/mol. The molecule has 1 aromatic rings. The highest BCUT2D eigenvalue weighted by molar-refractivity contribution is 9.10. The topological polar surface area (TPSA) is 12.0 Å². The van der Waals surface area contributed by atoms with Crippen LogP contribution in [0.25, 0.3) is 0 Å². The van der Waals surface area contributed by atoms with Gasteiger partial charge in [0.2, 0.25) is 0 Å². The lowest BCUT2D eigenvalue weighted by Crippen LogP contribution is -2.11. The van der Waals surface area contributed by atoms with E-state index in [0.29, 0.717) is 11.0 Å². The number of benzene rings is 1. The maximum Gasteiger partial charge on any atom is 0.418 e. The van der Waals surface area contributed by atoms with Crippen LogP contribution in [0.5, 0.6) is 0 Å². The van der Waals surface area contributed by atoms with Gasteiger partial charge < -0.3 is 5.32 Å². The highest BCUT2D eigenvalue weighted by atomic mass is 79.9. The van der Waals surface area contributed by atoms with Gasteiger partial charge in [-0.3, -0.25) is 0 Å². The van der Waals surface area contributed by atoms with Crippen LogP contribution in [0.1, 0.15) is 44.6 Å². The second-order valence-electron chi connectivity index (χ2n) is 4.53. The highest BCUT2D eigenvalue weighted by Gasteiger charge is 2.33. The molecule has 0 radical (unpaired) electrons. The normalized spacial score (nSPS) is 11.6. The van der Waals surface area contributed by atoms with E-state index in [9.17, 15) is 13.2 Å². The summed E-state index contributed by atoms with van der Waals surface area (Å²) in [5.41, 5.74) is -0.457. The van der Waals surface area contributed by atoms with Crippen LogP contribution in [0, 0.1) is 0 Å². The first-order chi connectivity index (χ1) is 8.95. The third-order valence-electron chi connectivity index (χ3n) is 2.88. The second kappa shape index (κ2) is 7.78. The minimum Gasteiger partial charge on any atom is -0.385 e. The summed E-state index contributed by atoms with van der Waals surface area (Å²) in [4.78, 5) is 0. The molecule has 5 heteroatoms. The Bertz CT molecular complexity index is 391. The number of unbranched alkanes of at least 4 members (excludes halogenated alkanes) is 4. The molecule has 1 nitrogen and oxygen atoms in total. The van der Waals surface area contributed by atoms with Crippen LogP contribution in [0.3, 0.4) is 0 Å². The Kier molecular flexibility index (Phi) is 6.69. The summed E-state index contributed by atoms with van der Waals surface area (Å²) in [5, 5.41) is 2.88. The summed E-state index contributed by atoms with van der Waals surface area (Å²) in [6.07, 6.45) is 1.12. The lowest BCUT2D eigenvalue weighted by molar-refractivity contribution is -0.137. The van der Waals surface area contributed by atoms with Gasteiger partial charge in [-0.1, -0.05) is 48.5 Å². The molecule has 108 valence electrons. The predicted octanol–water partition coefficient (Wildman–Crippen LogP) is 5.85. The zero-order chi connectivity index (χ0) is 14.3. The smallest absolute Gasteiger partial charge is 0.385 e. The van der Waals surface area contributed by atoms with Gasteiger partial charge >= 0.3 is 6.18 Å². The van der Waals surface area contributed by atoms with Crippen molar-refractivity contribution in [2.75, 3.05) is 11.9 Å². The number of hydrogen-bond acceptors (Lipinski definition) is 1. The van der Waals surface area contributed by atoms with Gasteiger partial charge in [0, 0.05) is 16.7 Å². The van der Waals surface area contributed by atoms with Crippen LogP contribution >= 0.6 is 15.9 Å². The largest absolute Gasteiger partial charge is 0.418 e. The lowest BCUT2D eigenvalue weighted by atomic mass is 10.1. The molecule has 1 aromatic carbocycles. The first-order valence-corrected chi connectivity index (χ1v) is 7.35. The molecule has 0 fully saturated rings. The van der Waals surface area contributed by atoms with Gasteiger partial charge in [-0.05, 0) is 24.6 Å².